The van der Waals surface area contributed by atoms with Gasteiger partial charge < -0.3 is 15.0 Å². The Balaban J connectivity index is 2.30. The van der Waals surface area contributed by atoms with Crippen molar-refractivity contribution in [1.82, 2.24) is 10.2 Å². The van der Waals surface area contributed by atoms with Gasteiger partial charge in [0, 0.05) is 19.1 Å². The van der Waals surface area contributed by atoms with E-state index in [2.05, 4.69) is 5.32 Å². The van der Waals surface area contributed by atoms with E-state index in [0.717, 1.165) is 0 Å². The van der Waals surface area contributed by atoms with Crippen molar-refractivity contribution >= 4 is 6.03 Å². The second-order valence-corrected chi connectivity index (χ2v) is 3.31. The van der Waals surface area contributed by atoms with Gasteiger partial charge in [0.25, 0.3) is 0 Å². The molecule has 0 spiro atoms. The van der Waals surface area contributed by atoms with Crippen molar-refractivity contribution in [2.45, 2.75) is 19.4 Å². The Kier molecular flexibility index (Phi) is 4.20. The molecule has 0 bridgehead atoms. The molecule has 2 amide bonds. The molecule has 0 aliphatic carbocycles. The molecule has 0 saturated carbocycles. The van der Waals surface area contributed by atoms with E-state index >= 15 is 0 Å². The Morgan fingerprint density at radius 3 is 2.86 bits per heavy atom. The van der Waals surface area contributed by atoms with Crippen molar-refractivity contribution in [1.29, 1.82) is 5.26 Å². The number of ether oxygens (including phenoxy) is 1. The minimum absolute atomic E-state index is 0.0876. The first-order chi connectivity index (χ1) is 6.74. The SMILES string of the molecule is CC(CC#N)NC(=O)N1CCOCC1. The average Bonchev–Trinajstić information content (AvgIpc) is 2.19. The molecule has 1 saturated heterocycles. The van der Waals surface area contributed by atoms with Gasteiger partial charge in [-0.25, -0.2) is 4.79 Å². The summed E-state index contributed by atoms with van der Waals surface area (Å²) in [5.41, 5.74) is 0. The fraction of sp³-hybridized carbons (Fsp3) is 0.778. The number of hydrogen-bond acceptors (Lipinski definition) is 3. The molecule has 5 heteroatoms. The number of morpholine rings is 1. The van der Waals surface area contributed by atoms with E-state index in [4.69, 9.17) is 10.00 Å². The molecule has 1 unspecified atom stereocenters. The quantitative estimate of drug-likeness (QED) is 0.693. The minimum Gasteiger partial charge on any atom is -0.378 e. The number of urea groups is 1. The summed E-state index contributed by atoms with van der Waals surface area (Å²) in [5, 5.41) is 11.2. The van der Waals surface area contributed by atoms with Crippen LogP contribution in [0.15, 0.2) is 0 Å². The number of nitrogens with one attached hydrogen (secondary N) is 1. The Bertz CT molecular complexity index is 231. The molecule has 1 aliphatic heterocycles. The maximum Gasteiger partial charge on any atom is 0.317 e. The fourth-order valence-electron chi connectivity index (χ4n) is 1.26. The van der Waals surface area contributed by atoms with Gasteiger partial charge in [0.15, 0.2) is 0 Å². The van der Waals surface area contributed by atoms with Crippen LogP contribution in [0.4, 0.5) is 4.79 Å². The highest BCUT2D eigenvalue weighted by molar-refractivity contribution is 5.74. The molecule has 5 nitrogen and oxygen atoms in total. The molecule has 14 heavy (non-hydrogen) atoms. The molecule has 1 rings (SSSR count). The number of amides is 2. The van der Waals surface area contributed by atoms with Crippen molar-refractivity contribution in [3.05, 3.63) is 0 Å². The Hall–Kier alpha value is -1.28. The van der Waals surface area contributed by atoms with Crippen molar-refractivity contribution in [3.8, 4) is 6.07 Å². The summed E-state index contributed by atoms with van der Waals surface area (Å²) >= 11 is 0. The maximum atomic E-state index is 11.5. The van der Waals surface area contributed by atoms with Crippen LogP contribution in [0, 0.1) is 11.3 Å². The molecule has 1 atom stereocenters. The molecule has 0 radical (unpaired) electrons. The molecule has 0 aromatic carbocycles. The van der Waals surface area contributed by atoms with E-state index in [0.29, 0.717) is 32.7 Å². The molecule has 0 aromatic heterocycles. The normalized spacial score (nSPS) is 18.4. The van der Waals surface area contributed by atoms with E-state index in [1.807, 2.05) is 13.0 Å². The number of hydrogen-bond donors (Lipinski definition) is 1. The van der Waals surface area contributed by atoms with Gasteiger partial charge in [0.2, 0.25) is 0 Å². The first-order valence-corrected chi connectivity index (χ1v) is 4.74. The third-order valence-electron chi connectivity index (χ3n) is 2.07. The third kappa shape index (κ3) is 3.23. The summed E-state index contributed by atoms with van der Waals surface area (Å²) in [7, 11) is 0. The predicted molar refractivity (Wildman–Crippen MR) is 50.6 cm³/mol. The first kappa shape index (κ1) is 10.8. The van der Waals surface area contributed by atoms with Gasteiger partial charge in [0.1, 0.15) is 0 Å². The second kappa shape index (κ2) is 5.45. The lowest BCUT2D eigenvalue weighted by atomic mass is 10.2. The molecule has 1 heterocycles. The number of nitriles is 1. The molecular weight excluding hydrogens is 182 g/mol. The monoisotopic (exact) mass is 197 g/mol. The van der Waals surface area contributed by atoms with Crippen molar-refractivity contribution in [3.63, 3.8) is 0 Å². The third-order valence-corrected chi connectivity index (χ3v) is 2.07. The largest absolute Gasteiger partial charge is 0.378 e. The van der Waals surface area contributed by atoms with Crippen molar-refractivity contribution in [2.75, 3.05) is 26.3 Å². The Morgan fingerprint density at radius 1 is 1.64 bits per heavy atom. The summed E-state index contributed by atoms with van der Waals surface area (Å²) in [5.74, 6) is 0. The second-order valence-electron chi connectivity index (χ2n) is 3.31. The van der Waals surface area contributed by atoms with E-state index < -0.39 is 0 Å². The van der Waals surface area contributed by atoms with Gasteiger partial charge in [-0.05, 0) is 6.92 Å². The molecule has 1 N–H and O–H groups in total. The highest BCUT2D eigenvalue weighted by atomic mass is 16.5. The van der Waals surface area contributed by atoms with Crippen LogP contribution in [0.2, 0.25) is 0 Å². The minimum atomic E-state index is -0.101. The standard InChI is InChI=1S/C9H15N3O2/c1-8(2-3-10)11-9(13)12-4-6-14-7-5-12/h8H,2,4-7H2,1H3,(H,11,13). The van der Waals surface area contributed by atoms with Crippen LogP contribution in [0.25, 0.3) is 0 Å². The van der Waals surface area contributed by atoms with Crippen LogP contribution in [0.1, 0.15) is 13.3 Å². The van der Waals surface area contributed by atoms with Crippen molar-refractivity contribution in [2.24, 2.45) is 0 Å². The summed E-state index contributed by atoms with van der Waals surface area (Å²) in [6, 6.07) is 1.83. The zero-order valence-corrected chi connectivity index (χ0v) is 8.32. The smallest absolute Gasteiger partial charge is 0.317 e. The van der Waals surface area contributed by atoms with E-state index in [1.165, 1.54) is 0 Å². The lowest BCUT2D eigenvalue weighted by Gasteiger charge is -2.28. The topological polar surface area (TPSA) is 65.4 Å². The molecule has 1 aliphatic rings. The Labute approximate surface area is 83.6 Å². The molecular formula is C9H15N3O2. The highest BCUT2D eigenvalue weighted by Crippen LogP contribution is 1.98. The van der Waals surface area contributed by atoms with Crippen LogP contribution in [0.5, 0.6) is 0 Å². The van der Waals surface area contributed by atoms with Gasteiger partial charge in [-0.15, -0.1) is 0 Å². The lowest BCUT2D eigenvalue weighted by molar-refractivity contribution is 0.0526. The zero-order chi connectivity index (χ0) is 10.4. The lowest BCUT2D eigenvalue weighted by Crippen LogP contribution is -2.48. The number of carbonyl (C=O) groups excluding carboxylic acids is 1. The maximum absolute atomic E-state index is 11.5. The van der Waals surface area contributed by atoms with Gasteiger partial charge in [0.05, 0.1) is 25.7 Å². The van der Waals surface area contributed by atoms with E-state index in [-0.39, 0.29) is 12.1 Å². The summed E-state index contributed by atoms with van der Waals surface area (Å²) < 4.78 is 5.13. The van der Waals surface area contributed by atoms with E-state index in [1.54, 1.807) is 4.90 Å². The molecule has 0 aromatic rings. The van der Waals surface area contributed by atoms with Gasteiger partial charge >= 0.3 is 6.03 Å². The average molecular weight is 197 g/mol. The van der Waals surface area contributed by atoms with Gasteiger partial charge in [-0.2, -0.15) is 5.26 Å². The number of nitrogens with zero attached hydrogens (tertiary/aromatic N) is 2. The van der Waals surface area contributed by atoms with Crippen LogP contribution < -0.4 is 5.32 Å². The summed E-state index contributed by atoms with van der Waals surface area (Å²) in [4.78, 5) is 13.2. The summed E-state index contributed by atoms with van der Waals surface area (Å²) in [6.07, 6.45) is 0.343. The zero-order valence-electron chi connectivity index (χ0n) is 8.32. The molecule has 1 fully saturated rings. The van der Waals surface area contributed by atoms with Gasteiger partial charge in [-0.1, -0.05) is 0 Å². The fourth-order valence-corrected chi connectivity index (χ4v) is 1.26. The summed E-state index contributed by atoms with van der Waals surface area (Å²) in [6.45, 7) is 4.28. The number of carbonyl (C=O) groups is 1. The highest BCUT2D eigenvalue weighted by Gasteiger charge is 2.17. The van der Waals surface area contributed by atoms with Gasteiger partial charge in [-0.3, -0.25) is 0 Å². The number of rotatable bonds is 2. The first-order valence-electron chi connectivity index (χ1n) is 4.74. The predicted octanol–water partition coefficient (Wildman–Crippen LogP) is 0.330. The Morgan fingerprint density at radius 2 is 2.29 bits per heavy atom. The van der Waals surface area contributed by atoms with Crippen LogP contribution in [-0.2, 0) is 4.74 Å². The van der Waals surface area contributed by atoms with E-state index in [9.17, 15) is 4.79 Å². The molecule has 78 valence electrons. The van der Waals surface area contributed by atoms with Crippen molar-refractivity contribution < 1.29 is 9.53 Å². The van der Waals surface area contributed by atoms with Crippen LogP contribution in [-0.4, -0.2) is 43.3 Å². The van der Waals surface area contributed by atoms with Crippen LogP contribution in [0.3, 0.4) is 0 Å². The van der Waals surface area contributed by atoms with Crippen LogP contribution >= 0.6 is 0 Å².